The molecule has 0 saturated heterocycles. The number of aromatic nitrogens is 1. The Kier molecular flexibility index (Phi) is 7.82. The molecule has 0 saturated carbocycles. The Bertz CT molecular complexity index is 723. The average Bonchev–Trinajstić information content (AvgIpc) is 2.86. The summed E-state index contributed by atoms with van der Waals surface area (Å²) in [6.07, 6.45) is 1.95. The third-order valence-electron chi connectivity index (χ3n) is 2.20. The van der Waals surface area contributed by atoms with E-state index < -0.39 is 8.26 Å². The zero-order valence-corrected chi connectivity index (χ0v) is 14.6. The molecule has 0 atom stereocenters. The Labute approximate surface area is 140 Å². The smallest absolute Gasteiger partial charge is 0.317 e. The number of hydrogen-bond acceptors (Lipinski definition) is 2. The van der Waals surface area contributed by atoms with Gasteiger partial charge in [0.1, 0.15) is 0 Å². The summed E-state index contributed by atoms with van der Waals surface area (Å²) < 4.78 is 19.5. The normalized spacial score (nSPS) is 10.0. The maximum Gasteiger partial charge on any atom is 0.317 e. The molecular formula is C14H12BrCl2NO2S. The molecule has 1 heterocycles. The van der Waals surface area contributed by atoms with Crippen LogP contribution in [0.3, 0.4) is 0 Å². The van der Waals surface area contributed by atoms with E-state index in [-0.39, 0.29) is 0 Å². The van der Waals surface area contributed by atoms with Crippen molar-refractivity contribution >= 4 is 56.5 Å². The van der Waals surface area contributed by atoms with Gasteiger partial charge in [0.2, 0.25) is 0 Å². The third kappa shape index (κ3) is 9.52. The molecule has 3 nitrogen and oxygen atoms in total. The largest absolute Gasteiger partial charge is 0.361 e. The number of hydrogen-bond donors (Lipinski definition) is 1. The zero-order valence-electron chi connectivity index (χ0n) is 10.7. The van der Waals surface area contributed by atoms with Crippen LogP contribution in [0.4, 0.5) is 0 Å². The lowest BCUT2D eigenvalue weighted by molar-refractivity contribution is 0.621. The van der Waals surface area contributed by atoms with Crippen molar-refractivity contribution in [2.24, 2.45) is 0 Å². The van der Waals surface area contributed by atoms with Gasteiger partial charge in [-0.15, -0.1) is 0 Å². The van der Waals surface area contributed by atoms with Crippen LogP contribution in [0, 0.1) is 0 Å². The predicted octanol–water partition coefficient (Wildman–Crippen LogP) is 5.33. The van der Waals surface area contributed by atoms with Gasteiger partial charge in [0.15, 0.2) is 0 Å². The standard InChI is InChI=1S/C8H7N.C6H5Br.Cl2O2S/c1-2-4-8-7(3-1)5-6-9-8;7-6-4-2-1-3-5-6;1-5(2,3)4/h1-6,9H;1-5H;. The van der Waals surface area contributed by atoms with E-state index in [0.717, 1.165) is 4.47 Å². The molecule has 21 heavy (non-hydrogen) atoms. The summed E-state index contributed by atoms with van der Waals surface area (Å²) in [4.78, 5) is 3.12. The maximum atomic E-state index is 9.16. The van der Waals surface area contributed by atoms with E-state index in [4.69, 9.17) is 8.42 Å². The number of para-hydroxylation sites is 1. The molecule has 2 aromatic carbocycles. The van der Waals surface area contributed by atoms with Gasteiger partial charge in [-0.1, -0.05) is 52.3 Å². The summed E-state index contributed by atoms with van der Waals surface area (Å²) in [6.45, 7) is 0. The first-order chi connectivity index (χ1) is 9.86. The van der Waals surface area contributed by atoms with Crippen LogP contribution in [0.5, 0.6) is 0 Å². The van der Waals surface area contributed by atoms with E-state index in [1.165, 1.54) is 10.9 Å². The van der Waals surface area contributed by atoms with Crippen molar-refractivity contribution in [3.8, 4) is 0 Å². The lowest BCUT2D eigenvalue weighted by Gasteiger charge is -1.83. The minimum absolute atomic E-state index is 1.13. The Morgan fingerprint density at radius 2 is 1.38 bits per heavy atom. The molecule has 7 heteroatoms. The summed E-state index contributed by atoms with van der Waals surface area (Å²) in [7, 11) is 4.81. The Balaban J connectivity index is 0.000000166. The number of nitrogens with one attached hydrogen (secondary N) is 1. The molecule has 0 spiro atoms. The first kappa shape index (κ1) is 18.0. The van der Waals surface area contributed by atoms with Crippen molar-refractivity contribution in [2.75, 3.05) is 0 Å². The van der Waals surface area contributed by atoms with Crippen LogP contribution < -0.4 is 0 Å². The maximum absolute atomic E-state index is 9.16. The van der Waals surface area contributed by atoms with E-state index in [1.807, 2.05) is 48.7 Å². The van der Waals surface area contributed by atoms with Gasteiger partial charge in [-0.25, -0.2) is 0 Å². The van der Waals surface area contributed by atoms with Crippen LogP contribution in [0.2, 0.25) is 0 Å². The highest BCUT2D eigenvalue weighted by Gasteiger charge is 1.89. The first-order valence-electron chi connectivity index (χ1n) is 5.73. The Morgan fingerprint density at radius 1 is 0.857 bits per heavy atom. The van der Waals surface area contributed by atoms with Crippen LogP contribution in [0.15, 0.2) is 71.3 Å². The molecule has 0 amide bonds. The molecule has 0 unspecified atom stereocenters. The van der Waals surface area contributed by atoms with Crippen LogP contribution >= 0.6 is 37.3 Å². The SMILES string of the molecule is Brc1ccccc1.O=S(=O)(Cl)Cl.c1ccc2[nH]ccc2c1. The monoisotopic (exact) mass is 407 g/mol. The summed E-state index contributed by atoms with van der Waals surface area (Å²) in [5.74, 6) is 0. The molecule has 0 aliphatic rings. The first-order valence-corrected chi connectivity index (χ1v) is 9.66. The second-order valence-corrected chi connectivity index (χ2v) is 8.32. The number of halogens is 3. The molecule has 0 radical (unpaired) electrons. The van der Waals surface area contributed by atoms with E-state index >= 15 is 0 Å². The van der Waals surface area contributed by atoms with E-state index in [9.17, 15) is 0 Å². The molecule has 0 aliphatic carbocycles. The quantitative estimate of drug-likeness (QED) is 0.511. The molecule has 0 bridgehead atoms. The zero-order chi connectivity index (χ0) is 15.7. The fourth-order valence-electron chi connectivity index (χ4n) is 1.41. The van der Waals surface area contributed by atoms with Crippen molar-refractivity contribution in [3.05, 3.63) is 71.3 Å². The van der Waals surface area contributed by atoms with Gasteiger partial charge in [0.05, 0.1) is 0 Å². The average molecular weight is 409 g/mol. The van der Waals surface area contributed by atoms with Gasteiger partial charge in [-0.05, 0) is 29.7 Å². The highest BCUT2D eigenvalue weighted by Crippen LogP contribution is 2.09. The van der Waals surface area contributed by atoms with Crippen molar-refractivity contribution in [2.45, 2.75) is 0 Å². The van der Waals surface area contributed by atoms with Gasteiger partial charge in [0, 0.05) is 37.6 Å². The number of rotatable bonds is 0. The molecule has 0 fully saturated rings. The van der Waals surface area contributed by atoms with Gasteiger partial charge in [0.25, 0.3) is 0 Å². The second kappa shape index (κ2) is 9.10. The van der Waals surface area contributed by atoms with Gasteiger partial charge < -0.3 is 4.98 Å². The summed E-state index contributed by atoms with van der Waals surface area (Å²) in [5, 5.41) is 1.28. The lowest BCUT2D eigenvalue weighted by Crippen LogP contribution is -1.63. The lowest BCUT2D eigenvalue weighted by atomic mass is 10.3. The highest BCUT2D eigenvalue weighted by atomic mass is 79.9. The predicted molar refractivity (Wildman–Crippen MR) is 93.1 cm³/mol. The number of H-pyrrole nitrogens is 1. The Hall–Kier alpha value is -1.01. The van der Waals surface area contributed by atoms with Crippen LogP contribution in [-0.2, 0) is 8.26 Å². The molecule has 3 aromatic rings. The second-order valence-electron chi connectivity index (χ2n) is 3.74. The molecule has 1 aromatic heterocycles. The molecular weight excluding hydrogens is 397 g/mol. The van der Waals surface area contributed by atoms with E-state index in [0.29, 0.717) is 0 Å². The molecule has 1 N–H and O–H groups in total. The van der Waals surface area contributed by atoms with Crippen LogP contribution in [0.25, 0.3) is 10.9 Å². The van der Waals surface area contributed by atoms with Crippen molar-refractivity contribution in [1.82, 2.24) is 4.98 Å². The third-order valence-corrected chi connectivity index (χ3v) is 2.72. The number of benzene rings is 2. The Morgan fingerprint density at radius 3 is 1.86 bits per heavy atom. The number of aromatic amines is 1. The van der Waals surface area contributed by atoms with Gasteiger partial charge >= 0.3 is 8.26 Å². The minimum Gasteiger partial charge on any atom is -0.361 e. The number of fused-ring (bicyclic) bond motifs is 1. The summed E-state index contributed by atoms with van der Waals surface area (Å²) in [5.41, 5.74) is 1.21. The fraction of sp³-hybridized carbons (Fsp3) is 0. The summed E-state index contributed by atoms with van der Waals surface area (Å²) >= 11 is 3.31. The molecule has 3 rings (SSSR count). The van der Waals surface area contributed by atoms with Crippen molar-refractivity contribution < 1.29 is 8.42 Å². The fourth-order valence-corrected chi connectivity index (χ4v) is 1.71. The van der Waals surface area contributed by atoms with Crippen molar-refractivity contribution in [1.29, 1.82) is 0 Å². The summed E-state index contributed by atoms with van der Waals surface area (Å²) in [6, 6.07) is 20.3. The topological polar surface area (TPSA) is 49.9 Å². The van der Waals surface area contributed by atoms with Gasteiger partial charge in [-0.3, -0.25) is 0 Å². The van der Waals surface area contributed by atoms with Crippen molar-refractivity contribution in [3.63, 3.8) is 0 Å². The highest BCUT2D eigenvalue weighted by molar-refractivity contribution is 9.10. The minimum atomic E-state index is -3.72. The van der Waals surface area contributed by atoms with Gasteiger partial charge in [-0.2, -0.15) is 8.42 Å². The van der Waals surface area contributed by atoms with E-state index in [2.05, 4.69) is 60.5 Å². The molecule has 112 valence electrons. The van der Waals surface area contributed by atoms with Crippen LogP contribution in [0.1, 0.15) is 0 Å². The molecule has 0 aliphatic heterocycles. The van der Waals surface area contributed by atoms with E-state index in [1.54, 1.807) is 0 Å². The van der Waals surface area contributed by atoms with Crippen LogP contribution in [-0.4, -0.2) is 13.4 Å².